The number of aliphatic hydroxyl groups is 1. The van der Waals surface area contributed by atoms with Crippen LogP contribution in [-0.2, 0) is 17.8 Å². The molecule has 1 aliphatic carbocycles. The van der Waals surface area contributed by atoms with E-state index in [1.165, 1.54) is 0 Å². The van der Waals surface area contributed by atoms with E-state index in [2.05, 4.69) is 17.2 Å². The second-order valence-corrected chi connectivity index (χ2v) is 5.65. The third-order valence-electron chi connectivity index (χ3n) is 3.32. The lowest BCUT2D eigenvalue weighted by molar-refractivity contribution is -0.125. The fraction of sp³-hybridized carbons (Fsp3) is 0.667. The van der Waals surface area contributed by atoms with Crippen LogP contribution in [0.4, 0.5) is 0 Å². The normalized spacial score (nSPS) is 27.4. The van der Waals surface area contributed by atoms with Crippen molar-refractivity contribution >= 4 is 17.2 Å². The van der Waals surface area contributed by atoms with Crippen molar-refractivity contribution in [3.05, 3.63) is 16.1 Å². The molecule has 1 heterocycles. The average Bonchev–Trinajstić information content (AvgIpc) is 2.94. The lowest BCUT2D eigenvalue weighted by Gasteiger charge is -2.09. The highest BCUT2D eigenvalue weighted by molar-refractivity contribution is 7.09. The van der Waals surface area contributed by atoms with Crippen LogP contribution in [0.5, 0.6) is 0 Å². The summed E-state index contributed by atoms with van der Waals surface area (Å²) in [4.78, 5) is 16.3. The predicted molar refractivity (Wildman–Crippen MR) is 70.0 cm³/mol. The smallest absolute Gasteiger partial charge is 0.223 e. The number of nitrogens with one attached hydrogen (secondary N) is 1. The molecule has 0 aromatic carbocycles. The van der Waals surface area contributed by atoms with Gasteiger partial charge in [-0.15, -0.1) is 11.3 Å². The second-order valence-electron chi connectivity index (χ2n) is 4.70. The molecule has 1 saturated carbocycles. The minimum Gasteiger partial charge on any atom is -0.391 e. The van der Waals surface area contributed by atoms with Crippen LogP contribution >= 0.6 is 11.3 Å². The Kier molecular flexibility index (Phi) is 4.31. The highest BCUT2D eigenvalue weighted by atomic mass is 32.1. The fourth-order valence-corrected chi connectivity index (χ4v) is 2.98. The summed E-state index contributed by atoms with van der Waals surface area (Å²) in [6.45, 7) is 2.52. The van der Waals surface area contributed by atoms with Crippen molar-refractivity contribution in [3.63, 3.8) is 0 Å². The molecule has 1 aliphatic rings. The van der Waals surface area contributed by atoms with Gasteiger partial charge in [-0.05, 0) is 19.3 Å². The summed E-state index contributed by atoms with van der Waals surface area (Å²) in [6.07, 6.45) is 1.39. The van der Waals surface area contributed by atoms with Gasteiger partial charge < -0.3 is 16.2 Å². The van der Waals surface area contributed by atoms with Gasteiger partial charge >= 0.3 is 0 Å². The van der Waals surface area contributed by atoms with Crippen LogP contribution in [0, 0.1) is 5.92 Å². The van der Waals surface area contributed by atoms with Gasteiger partial charge in [-0.25, -0.2) is 4.98 Å². The molecule has 5 nitrogen and oxygen atoms in total. The molecule has 0 saturated heterocycles. The zero-order valence-corrected chi connectivity index (χ0v) is 11.2. The average molecular weight is 269 g/mol. The number of thiazole rings is 1. The highest BCUT2D eigenvalue weighted by Crippen LogP contribution is 2.24. The fourth-order valence-electron chi connectivity index (χ4n) is 2.16. The van der Waals surface area contributed by atoms with E-state index in [0.717, 1.165) is 17.1 Å². The second kappa shape index (κ2) is 5.77. The van der Waals surface area contributed by atoms with Crippen LogP contribution in [0.2, 0.25) is 0 Å². The molecule has 0 unspecified atom stereocenters. The summed E-state index contributed by atoms with van der Waals surface area (Å²) < 4.78 is 0. The molecule has 100 valence electrons. The molecule has 6 heteroatoms. The number of aliphatic hydroxyl groups excluding tert-OH is 1. The molecule has 18 heavy (non-hydrogen) atoms. The maximum atomic E-state index is 11.9. The molecule has 1 aromatic rings. The van der Waals surface area contributed by atoms with E-state index in [9.17, 15) is 9.90 Å². The molecule has 0 aliphatic heterocycles. The van der Waals surface area contributed by atoms with E-state index in [1.54, 1.807) is 11.3 Å². The standard InChI is InChI=1S/C12H19N3O2S/c1-2-8-6-18-11(15-8)5-14-12(17)7-3-9(13)10(16)4-7/h6-7,9-10,16H,2-5,13H2,1H3,(H,14,17)/t7-,9+,10+/m0/s1. The van der Waals surface area contributed by atoms with Crippen molar-refractivity contribution in [3.8, 4) is 0 Å². The molecule has 0 spiro atoms. The Morgan fingerprint density at radius 2 is 2.44 bits per heavy atom. The van der Waals surface area contributed by atoms with Gasteiger partial charge in [-0.3, -0.25) is 4.79 Å². The molecule has 1 aromatic heterocycles. The Labute approximate surface area is 110 Å². The van der Waals surface area contributed by atoms with Crippen molar-refractivity contribution < 1.29 is 9.90 Å². The van der Waals surface area contributed by atoms with Gasteiger partial charge in [0.15, 0.2) is 0 Å². The minimum atomic E-state index is -0.549. The molecule has 3 atom stereocenters. The number of carbonyl (C=O) groups excluding carboxylic acids is 1. The summed E-state index contributed by atoms with van der Waals surface area (Å²) in [5, 5.41) is 15.3. The Balaban J connectivity index is 1.81. The quantitative estimate of drug-likeness (QED) is 0.739. The number of hydrogen-bond acceptors (Lipinski definition) is 5. The number of nitrogens with zero attached hydrogens (tertiary/aromatic N) is 1. The van der Waals surface area contributed by atoms with Crippen LogP contribution in [0.15, 0.2) is 5.38 Å². The van der Waals surface area contributed by atoms with Crippen molar-refractivity contribution in [2.24, 2.45) is 11.7 Å². The largest absolute Gasteiger partial charge is 0.391 e. The Morgan fingerprint density at radius 3 is 3.00 bits per heavy atom. The Bertz CT molecular complexity index is 411. The number of amides is 1. The number of nitrogens with two attached hydrogens (primary N) is 1. The summed E-state index contributed by atoms with van der Waals surface area (Å²) in [5.41, 5.74) is 6.75. The van der Waals surface area contributed by atoms with Crippen LogP contribution < -0.4 is 11.1 Å². The van der Waals surface area contributed by atoms with Crippen LogP contribution in [0.25, 0.3) is 0 Å². The Hall–Kier alpha value is -0.980. The first kappa shape index (κ1) is 13.5. The maximum absolute atomic E-state index is 11.9. The van der Waals surface area contributed by atoms with Gasteiger partial charge in [0.05, 0.1) is 18.3 Å². The van der Waals surface area contributed by atoms with E-state index >= 15 is 0 Å². The van der Waals surface area contributed by atoms with Gasteiger partial charge in [0.1, 0.15) is 5.01 Å². The van der Waals surface area contributed by atoms with Crippen LogP contribution in [0.3, 0.4) is 0 Å². The van der Waals surface area contributed by atoms with Gasteiger partial charge in [0.2, 0.25) is 5.91 Å². The lowest BCUT2D eigenvalue weighted by Crippen LogP contribution is -2.30. The SMILES string of the molecule is CCc1csc(CNC(=O)[C@H]2C[C@@H](N)[C@H](O)C2)n1. The molecule has 2 rings (SSSR count). The zero-order chi connectivity index (χ0) is 13.1. The monoisotopic (exact) mass is 269 g/mol. The summed E-state index contributed by atoms with van der Waals surface area (Å²) in [7, 11) is 0. The Morgan fingerprint density at radius 1 is 1.67 bits per heavy atom. The molecule has 1 amide bonds. The molecular formula is C12H19N3O2S. The number of aromatic nitrogens is 1. The molecule has 4 N–H and O–H groups in total. The van der Waals surface area contributed by atoms with Gasteiger partial charge in [0.25, 0.3) is 0 Å². The van der Waals surface area contributed by atoms with Crippen LogP contribution in [-0.4, -0.2) is 28.1 Å². The topological polar surface area (TPSA) is 88.2 Å². The first-order valence-corrected chi connectivity index (χ1v) is 7.12. The van der Waals surface area contributed by atoms with E-state index in [0.29, 0.717) is 19.4 Å². The van der Waals surface area contributed by atoms with Crippen molar-refractivity contribution in [2.75, 3.05) is 0 Å². The third kappa shape index (κ3) is 3.07. The summed E-state index contributed by atoms with van der Waals surface area (Å²) in [6, 6.07) is -0.271. The third-order valence-corrected chi connectivity index (χ3v) is 4.22. The van der Waals surface area contributed by atoms with Crippen molar-refractivity contribution in [1.29, 1.82) is 0 Å². The van der Waals surface area contributed by atoms with E-state index < -0.39 is 6.10 Å². The van der Waals surface area contributed by atoms with Gasteiger partial charge in [-0.2, -0.15) is 0 Å². The number of aryl methyl sites for hydroxylation is 1. The lowest BCUT2D eigenvalue weighted by atomic mass is 10.1. The first-order valence-electron chi connectivity index (χ1n) is 6.24. The summed E-state index contributed by atoms with van der Waals surface area (Å²) in [5.74, 6) is -0.198. The first-order chi connectivity index (χ1) is 8.60. The van der Waals surface area contributed by atoms with E-state index in [1.807, 2.05) is 5.38 Å². The molecule has 0 radical (unpaired) electrons. The number of hydrogen-bond donors (Lipinski definition) is 3. The number of carbonyl (C=O) groups is 1. The number of rotatable bonds is 4. The van der Waals surface area contributed by atoms with Crippen LogP contribution in [0.1, 0.15) is 30.5 Å². The highest BCUT2D eigenvalue weighted by Gasteiger charge is 2.34. The maximum Gasteiger partial charge on any atom is 0.223 e. The molecular weight excluding hydrogens is 250 g/mol. The molecule has 0 bridgehead atoms. The van der Waals surface area contributed by atoms with Gasteiger partial charge in [-0.1, -0.05) is 6.92 Å². The van der Waals surface area contributed by atoms with Crippen molar-refractivity contribution in [2.45, 2.75) is 44.9 Å². The van der Waals surface area contributed by atoms with Gasteiger partial charge in [0, 0.05) is 17.3 Å². The zero-order valence-electron chi connectivity index (χ0n) is 10.4. The summed E-state index contributed by atoms with van der Waals surface area (Å²) >= 11 is 1.56. The minimum absolute atomic E-state index is 0.0322. The van der Waals surface area contributed by atoms with E-state index in [4.69, 9.17) is 5.73 Å². The molecule has 1 fully saturated rings. The van der Waals surface area contributed by atoms with E-state index in [-0.39, 0.29) is 17.9 Å². The van der Waals surface area contributed by atoms with Crippen molar-refractivity contribution in [1.82, 2.24) is 10.3 Å². The predicted octanol–water partition coefficient (Wildman–Crippen LogP) is 0.420.